The lowest BCUT2D eigenvalue weighted by atomic mass is 10.1. The molecule has 1 aromatic heterocycles. The molecule has 122 valence electrons. The molecular formula is C18H22FN3O. The highest BCUT2D eigenvalue weighted by molar-refractivity contribution is 5.79. The molecule has 2 aromatic rings. The van der Waals surface area contributed by atoms with Crippen molar-refractivity contribution in [2.24, 2.45) is 4.99 Å². The average Bonchev–Trinajstić information content (AvgIpc) is 3.06. The minimum atomic E-state index is -0.205. The number of aliphatic imine (C=N–C) groups is 1. The fraction of sp³-hybridized carbons (Fsp3) is 0.278. The molecule has 0 fully saturated rings. The summed E-state index contributed by atoms with van der Waals surface area (Å²) in [5, 5.41) is 6.37. The standard InChI is InChI=1S/C18H22FN3O/c1-3-9-20-18(21-10-8-16-5-4-11-23-16)22-13-15-7-6-14(2)17(19)12-15/h3-7,11-12H,1,8-10,13H2,2H3,(H2,20,21,22). The van der Waals surface area contributed by atoms with Crippen molar-refractivity contribution in [3.05, 3.63) is 72.0 Å². The van der Waals surface area contributed by atoms with E-state index in [1.54, 1.807) is 25.3 Å². The van der Waals surface area contributed by atoms with Gasteiger partial charge in [0.25, 0.3) is 0 Å². The predicted octanol–water partition coefficient (Wildman–Crippen LogP) is 3.19. The van der Waals surface area contributed by atoms with Gasteiger partial charge in [0.1, 0.15) is 11.6 Å². The Balaban J connectivity index is 1.92. The van der Waals surface area contributed by atoms with Gasteiger partial charge in [0.05, 0.1) is 12.8 Å². The van der Waals surface area contributed by atoms with Crippen molar-refractivity contribution in [1.29, 1.82) is 0 Å². The molecule has 0 aliphatic heterocycles. The van der Waals surface area contributed by atoms with Crippen LogP contribution in [0.1, 0.15) is 16.9 Å². The normalized spacial score (nSPS) is 11.3. The first-order valence-electron chi connectivity index (χ1n) is 7.59. The van der Waals surface area contributed by atoms with Crippen LogP contribution in [0.25, 0.3) is 0 Å². The van der Waals surface area contributed by atoms with Crippen molar-refractivity contribution in [3.63, 3.8) is 0 Å². The molecule has 0 radical (unpaired) electrons. The Morgan fingerprint density at radius 3 is 2.91 bits per heavy atom. The number of nitrogens with one attached hydrogen (secondary N) is 2. The lowest BCUT2D eigenvalue weighted by Gasteiger charge is -2.11. The third-order valence-corrected chi connectivity index (χ3v) is 3.31. The number of guanidine groups is 1. The van der Waals surface area contributed by atoms with E-state index < -0.39 is 0 Å². The van der Waals surface area contributed by atoms with Gasteiger partial charge in [0.15, 0.2) is 5.96 Å². The molecule has 0 atom stereocenters. The van der Waals surface area contributed by atoms with E-state index >= 15 is 0 Å². The number of furan rings is 1. The molecule has 0 bridgehead atoms. The van der Waals surface area contributed by atoms with Gasteiger partial charge >= 0.3 is 0 Å². The zero-order valence-electron chi connectivity index (χ0n) is 13.3. The second-order valence-corrected chi connectivity index (χ2v) is 5.17. The van der Waals surface area contributed by atoms with Crippen LogP contribution in [-0.2, 0) is 13.0 Å². The van der Waals surface area contributed by atoms with E-state index in [1.807, 2.05) is 18.2 Å². The summed E-state index contributed by atoms with van der Waals surface area (Å²) < 4.78 is 18.9. The fourth-order valence-corrected chi connectivity index (χ4v) is 2.01. The largest absolute Gasteiger partial charge is 0.469 e. The van der Waals surface area contributed by atoms with Gasteiger partial charge in [-0.05, 0) is 36.2 Å². The van der Waals surface area contributed by atoms with Crippen molar-refractivity contribution >= 4 is 5.96 Å². The summed E-state index contributed by atoms with van der Waals surface area (Å²) in [6, 6.07) is 8.97. The number of hydrogen-bond donors (Lipinski definition) is 2. The highest BCUT2D eigenvalue weighted by Gasteiger charge is 2.02. The molecule has 0 saturated carbocycles. The molecule has 1 aromatic carbocycles. The topological polar surface area (TPSA) is 49.6 Å². The molecular weight excluding hydrogens is 293 g/mol. The Kier molecular flexibility index (Phi) is 6.41. The van der Waals surface area contributed by atoms with Gasteiger partial charge in [0.2, 0.25) is 0 Å². The van der Waals surface area contributed by atoms with Crippen LogP contribution in [0.5, 0.6) is 0 Å². The molecule has 2 rings (SSSR count). The Morgan fingerprint density at radius 1 is 1.35 bits per heavy atom. The highest BCUT2D eigenvalue weighted by Crippen LogP contribution is 2.10. The maximum absolute atomic E-state index is 13.6. The third kappa shape index (κ3) is 5.62. The molecule has 23 heavy (non-hydrogen) atoms. The number of benzene rings is 1. The van der Waals surface area contributed by atoms with E-state index in [0.29, 0.717) is 31.2 Å². The summed E-state index contributed by atoms with van der Waals surface area (Å²) in [5.41, 5.74) is 1.47. The third-order valence-electron chi connectivity index (χ3n) is 3.31. The number of rotatable bonds is 7. The quantitative estimate of drug-likeness (QED) is 0.469. The van der Waals surface area contributed by atoms with E-state index in [0.717, 1.165) is 17.7 Å². The van der Waals surface area contributed by atoms with Crippen LogP contribution >= 0.6 is 0 Å². The lowest BCUT2D eigenvalue weighted by Crippen LogP contribution is -2.38. The van der Waals surface area contributed by atoms with Crippen molar-refractivity contribution in [2.45, 2.75) is 19.9 Å². The van der Waals surface area contributed by atoms with Crippen LogP contribution in [0, 0.1) is 12.7 Å². The van der Waals surface area contributed by atoms with E-state index in [-0.39, 0.29) is 5.82 Å². The summed E-state index contributed by atoms with van der Waals surface area (Å²) in [4.78, 5) is 4.47. The zero-order valence-corrected chi connectivity index (χ0v) is 13.3. The van der Waals surface area contributed by atoms with Gasteiger partial charge < -0.3 is 15.1 Å². The molecule has 0 saturated heterocycles. The Hall–Kier alpha value is -2.56. The van der Waals surface area contributed by atoms with Crippen LogP contribution < -0.4 is 10.6 Å². The first-order valence-corrected chi connectivity index (χ1v) is 7.59. The molecule has 0 aliphatic carbocycles. The summed E-state index contributed by atoms with van der Waals surface area (Å²) in [7, 11) is 0. The number of hydrogen-bond acceptors (Lipinski definition) is 2. The zero-order chi connectivity index (χ0) is 16.5. The SMILES string of the molecule is C=CCNC(=NCc1ccc(C)c(F)c1)NCCc1ccco1. The summed E-state index contributed by atoms with van der Waals surface area (Å²) in [5.74, 6) is 1.38. The first kappa shape index (κ1) is 16.8. The van der Waals surface area contributed by atoms with Crippen molar-refractivity contribution in [1.82, 2.24) is 10.6 Å². The van der Waals surface area contributed by atoms with Gasteiger partial charge in [-0.3, -0.25) is 0 Å². The molecule has 0 unspecified atom stereocenters. The van der Waals surface area contributed by atoms with Gasteiger partial charge in [-0.25, -0.2) is 9.38 Å². The summed E-state index contributed by atoms with van der Waals surface area (Å²) in [6.45, 7) is 7.14. The van der Waals surface area contributed by atoms with Crippen LogP contribution in [0.4, 0.5) is 4.39 Å². The number of aryl methyl sites for hydroxylation is 1. The molecule has 4 nitrogen and oxygen atoms in total. The molecule has 1 heterocycles. The number of halogens is 1. The fourth-order valence-electron chi connectivity index (χ4n) is 2.01. The maximum Gasteiger partial charge on any atom is 0.191 e. The Labute approximate surface area is 136 Å². The van der Waals surface area contributed by atoms with Crippen molar-refractivity contribution in [2.75, 3.05) is 13.1 Å². The van der Waals surface area contributed by atoms with E-state index in [9.17, 15) is 4.39 Å². The van der Waals surface area contributed by atoms with Crippen molar-refractivity contribution < 1.29 is 8.81 Å². The average molecular weight is 315 g/mol. The lowest BCUT2D eigenvalue weighted by molar-refractivity contribution is 0.507. The second kappa shape index (κ2) is 8.78. The first-order chi connectivity index (χ1) is 11.2. The van der Waals surface area contributed by atoms with E-state index in [1.165, 1.54) is 6.07 Å². The highest BCUT2D eigenvalue weighted by atomic mass is 19.1. The van der Waals surface area contributed by atoms with Crippen LogP contribution in [0.15, 0.2) is 58.7 Å². The van der Waals surface area contributed by atoms with Gasteiger partial charge in [-0.15, -0.1) is 6.58 Å². The molecule has 5 heteroatoms. The monoisotopic (exact) mass is 315 g/mol. The molecule has 0 spiro atoms. The molecule has 0 amide bonds. The van der Waals surface area contributed by atoms with E-state index in [4.69, 9.17) is 4.42 Å². The minimum absolute atomic E-state index is 0.205. The van der Waals surface area contributed by atoms with Gasteiger partial charge in [-0.1, -0.05) is 18.2 Å². The Morgan fingerprint density at radius 2 is 2.22 bits per heavy atom. The minimum Gasteiger partial charge on any atom is -0.469 e. The molecule has 2 N–H and O–H groups in total. The van der Waals surface area contributed by atoms with Gasteiger partial charge in [-0.2, -0.15) is 0 Å². The molecule has 0 aliphatic rings. The summed E-state index contributed by atoms with van der Waals surface area (Å²) >= 11 is 0. The van der Waals surface area contributed by atoms with E-state index in [2.05, 4.69) is 22.2 Å². The van der Waals surface area contributed by atoms with Gasteiger partial charge in [0, 0.05) is 19.5 Å². The maximum atomic E-state index is 13.6. The van der Waals surface area contributed by atoms with Crippen molar-refractivity contribution in [3.8, 4) is 0 Å². The van der Waals surface area contributed by atoms with Crippen LogP contribution in [0.2, 0.25) is 0 Å². The second-order valence-electron chi connectivity index (χ2n) is 5.17. The Bertz CT molecular complexity index is 650. The number of nitrogens with zero attached hydrogens (tertiary/aromatic N) is 1. The smallest absolute Gasteiger partial charge is 0.191 e. The predicted molar refractivity (Wildman–Crippen MR) is 90.9 cm³/mol. The van der Waals surface area contributed by atoms with Crippen LogP contribution in [0.3, 0.4) is 0 Å². The summed E-state index contributed by atoms with van der Waals surface area (Å²) in [6.07, 6.45) is 4.18. The van der Waals surface area contributed by atoms with Crippen LogP contribution in [-0.4, -0.2) is 19.0 Å².